The van der Waals surface area contributed by atoms with Crippen molar-refractivity contribution in [1.29, 1.82) is 0 Å². The number of aromatic nitrogens is 1. The van der Waals surface area contributed by atoms with Crippen LogP contribution in [0.15, 0.2) is 29.4 Å². The van der Waals surface area contributed by atoms with Crippen molar-refractivity contribution in [2.24, 2.45) is 11.8 Å². The summed E-state index contributed by atoms with van der Waals surface area (Å²) in [5.74, 6) is -9.77. The first kappa shape index (κ1) is 29.0. The lowest BCUT2D eigenvalue weighted by molar-refractivity contribution is -0.179. The van der Waals surface area contributed by atoms with Crippen LogP contribution in [0.2, 0.25) is 0 Å². The lowest BCUT2D eigenvalue weighted by Crippen LogP contribution is -2.68. The molecule has 15 heteroatoms. The molecule has 1 aliphatic carbocycles. The summed E-state index contributed by atoms with van der Waals surface area (Å²) >= 11 is 0. The van der Waals surface area contributed by atoms with E-state index in [4.69, 9.17) is 0 Å². The number of fused-ring (bicyclic) bond motifs is 4. The zero-order chi connectivity index (χ0) is 29.9. The average Bonchev–Trinajstić information content (AvgIpc) is 3.52. The van der Waals surface area contributed by atoms with Gasteiger partial charge in [0.2, 0.25) is 26.8 Å². The first-order valence-corrected chi connectivity index (χ1v) is 14.9. The number of carbonyl (C=O) groups is 3. The van der Waals surface area contributed by atoms with E-state index in [1.54, 1.807) is 0 Å². The van der Waals surface area contributed by atoms with Crippen LogP contribution < -0.4 is 10.6 Å². The van der Waals surface area contributed by atoms with Gasteiger partial charge in [-0.05, 0) is 50.0 Å². The van der Waals surface area contributed by atoms with Gasteiger partial charge in [-0.25, -0.2) is 26.0 Å². The Balaban J connectivity index is 1.49. The molecule has 2 aromatic rings. The molecule has 2 bridgehead atoms. The van der Waals surface area contributed by atoms with Gasteiger partial charge in [-0.3, -0.25) is 14.4 Å². The molecule has 1 saturated carbocycles. The molecule has 9 nitrogen and oxygen atoms in total. The summed E-state index contributed by atoms with van der Waals surface area (Å²) < 4.78 is 96.6. The van der Waals surface area contributed by atoms with Gasteiger partial charge in [-0.2, -0.15) is 4.39 Å². The largest absolute Gasteiger partial charge is 0.356 e. The molecule has 4 fully saturated rings. The van der Waals surface area contributed by atoms with Crippen LogP contribution in [0.4, 0.5) is 22.0 Å². The summed E-state index contributed by atoms with van der Waals surface area (Å²) in [5.41, 5.74) is -0.627. The van der Waals surface area contributed by atoms with E-state index in [1.165, 1.54) is 0 Å². The molecule has 0 unspecified atom stereocenters. The Bertz CT molecular complexity index is 1520. The Hall–Kier alpha value is -3.49. The molecule has 0 spiro atoms. The Kier molecular flexibility index (Phi) is 7.37. The first-order chi connectivity index (χ1) is 19.2. The minimum Gasteiger partial charge on any atom is -0.356 e. The number of rotatable bonds is 7. The van der Waals surface area contributed by atoms with Crippen LogP contribution in [0.5, 0.6) is 0 Å². The minimum absolute atomic E-state index is 0.112. The fraction of sp³-hybridized carbons (Fsp3) is 0.500. The monoisotopic (exact) mass is 602 g/mol. The van der Waals surface area contributed by atoms with Gasteiger partial charge in [-0.1, -0.05) is 0 Å². The Morgan fingerprint density at radius 3 is 2.51 bits per heavy atom. The molecule has 222 valence electrons. The molecule has 3 aliphatic heterocycles. The number of piperidine rings is 2. The molecular weight excluding hydrogens is 575 g/mol. The predicted octanol–water partition coefficient (Wildman–Crippen LogP) is 2.94. The van der Waals surface area contributed by atoms with Crippen molar-refractivity contribution in [3.63, 3.8) is 0 Å². The number of benzene rings is 1. The summed E-state index contributed by atoms with van der Waals surface area (Å²) in [6, 6.07) is -1.48. The fourth-order valence-corrected chi connectivity index (χ4v) is 6.51. The van der Waals surface area contributed by atoms with Gasteiger partial charge in [-0.15, -0.1) is 0 Å². The van der Waals surface area contributed by atoms with E-state index in [-0.39, 0.29) is 35.9 Å². The molecule has 4 aliphatic rings. The normalized spacial score (nSPS) is 26.7. The molecule has 5 atom stereocenters. The molecule has 3 N–H and O–H groups in total. The highest BCUT2D eigenvalue weighted by atomic mass is 32.2. The van der Waals surface area contributed by atoms with Crippen molar-refractivity contribution < 1.29 is 44.8 Å². The number of H-pyrrole nitrogens is 1. The molecule has 1 aromatic carbocycles. The zero-order valence-electron chi connectivity index (χ0n) is 21.7. The smallest absolute Gasteiger partial charge is 0.271 e. The SMILES string of the molecule is CS(=O)(=O)/C(F)=C/[C@H](C[C@H]1CCNC1=O)NC(=O)[C@@H]1[C@@H]2CC[C@@H](CC2(F)F)N1C(=O)c1cc2c(F)ccc(F)c2[nH]1. The van der Waals surface area contributed by atoms with E-state index in [0.29, 0.717) is 25.3 Å². The van der Waals surface area contributed by atoms with Gasteiger partial charge in [0.1, 0.15) is 23.4 Å². The van der Waals surface area contributed by atoms with Crippen LogP contribution in [-0.4, -0.2) is 72.9 Å². The number of hydrogen-bond acceptors (Lipinski definition) is 5. The van der Waals surface area contributed by atoms with Gasteiger partial charge < -0.3 is 20.5 Å². The Morgan fingerprint density at radius 2 is 1.90 bits per heavy atom. The van der Waals surface area contributed by atoms with Gasteiger partial charge in [0.15, 0.2) is 0 Å². The molecule has 4 heterocycles. The molecule has 3 amide bonds. The highest BCUT2D eigenvalue weighted by molar-refractivity contribution is 7.94. The van der Waals surface area contributed by atoms with E-state index in [9.17, 15) is 36.0 Å². The van der Waals surface area contributed by atoms with Crippen molar-refractivity contribution in [3.05, 3.63) is 46.8 Å². The highest BCUT2D eigenvalue weighted by Gasteiger charge is 2.60. The van der Waals surface area contributed by atoms with Crippen LogP contribution in [0.3, 0.4) is 0 Å². The maximum atomic E-state index is 15.1. The number of nitrogens with one attached hydrogen (secondary N) is 3. The quantitative estimate of drug-likeness (QED) is 0.420. The maximum absolute atomic E-state index is 15.1. The third-order valence-corrected chi connectivity index (χ3v) is 8.92. The van der Waals surface area contributed by atoms with Crippen molar-refractivity contribution >= 4 is 38.5 Å². The van der Waals surface area contributed by atoms with Gasteiger partial charge in [0.25, 0.3) is 11.8 Å². The maximum Gasteiger partial charge on any atom is 0.271 e. The minimum atomic E-state index is -4.32. The summed E-state index contributed by atoms with van der Waals surface area (Å²) in [6.45, 7) is 0.314. The lowest BCUT2D eigenvalue weighted by atomic mass is 9.71. The van der Waals surface area contributed by atoms with Crippen LogP contribution >= 0.6 is 0 Å². The third kappa shape index (κ3) is 5.43. The van der Waals surface area contributed by atoms with E-state index in [0.717, 1.165) is 23.1 Å². The number of halogens is 5. The average molecular weight is 603 g/mol. The van der Waals surface area contributed by atoms with Crippen molar-refractivity contribution in [2.45, 2.75) is 56.2 Å². The summed E-state index contributed by atoms with van der Waals surface area (Å²) in [7, 11) is -4.32. The number of aromatic amines is 1. The summed E-state index contributed by atoms with van der Waals surface area (Å²) in [4.78, 5) is 42.8. The molecule has 1 aromatic heterocycles. The van der Waals surface area contributed by atoms with Gasteiger partial charge in [0.05, 0.1) is 17.5 Å². The number of alkyl halides is 2. The second kappa shape index (κ2) is 10.4. The van der Waals surface area contributed by atoms with Gasteiger partial charge >= 0.3 is 0 Å². The zero-order valence-corrected chi connectivity index (χ0v) is 22.5. The van der Waals surface area contributed by atoms with Crippen molar-refractivity contribution in [2.75, 3.05) is 12.8 Å². The second-order valence-electron chi connectivity index (χ2n) is 10.8. The lowest BCUT2D eigenvalue weighted by Gasteiger charge is -2.53. The Labute approximate surface area is 231 Å². The predicted molar refractivity (Wildman–Crippen MR) is 136 cm³/mol. The number of hydrogen-bond donors (Lipinski definition) is 3. The second-order valence-corrected chi connectivity index (χ2v) is 12.8. The topological polar surface area (TPSA) is 128 Å². The highest BCUT2D eigenvalue weighted by Crippen LogP contribution is 2.49. The van der Waals surface area contributed by atoms with Crippen LogP contribution in [0.1, 0.15) is 42.6 Å². The summed E-state index contributed by atoms with van der Waals surface area (Å²) in [6.07, 6.45) is 0.618. The number of sulfone groups is 1. The molecule has 3 saturated heterocycles. The van der Waals surface area contributed by atoms with E-state index < -0.39 is 86.7 Å². The van der Waals surface area contributed by atoms with E-state index in [2.05, 4.69) is 15.6 Å². The fourth-order valence-electron chi connectivity index (χ4n) is 6.10. The Morgan fingerprint density at radius 1 is 1.20 bits per heavy atom. The number of nitrogens with zero attached hydrogens (tertiary/aromatic N) is 1. The van der Waals surface area contributed by atoms with Crippen molar-refractivity contribution in [1.82, 2.24) is 20.5 Å². The van der Waals surface area contributed by atoms with Crippen molar-refractivity contribution in [3.8, 4) is 0 Å². The third-order valence-electron chi connectivity index (χ3n) is 8.07. The standard InChI is InChI=1S/C26H27F5N4O5S/c1-41(39,40)20(29)9-13(8-12-6-7-32-23(12)36)33-24(37)22-16-3-2-14(11-26(16,30)31)35(22)25(38)19-10-15-17(27)4-5-18(28)21(15)34-19/h4-5,9-10,12-14,16,22,34H,2-3,6-8,11H2,1H3,(H,32,36)(H,33,37)/b20-9+/t12-,13+,14+,16+,22+/m1/s1. The number of amides is 3. The van der Waals surface area contributed by atoms with Crippen LogP contribution in [0, 0.1) is 23.5 Å². The molecular formula is C26H27F5N4O5S. The molecule has 0 radical (unpaired) electrons. The van der Waals surface area contributed by atoms with E-state index in [1.807, 2.05) is 0 Å². The first-order valence-electron chi connectivity index (χ1n) is 13.0. The summed E-state index contributed by atoms with van der Waals surface area (Å²) in [5, 5.41) is 3.14. The van der Waals surface area contributed by atoms with E-state index >= 15 is 8.78 Å². The van der Waals surface area contributed by atoms with Crippen LogP contribution in [-0.2, 0) is 19.4 Å². The molecule has 41 heavy (non-hydrogen) atoms. The number of carbonyl (C=O) groups excluding carboxylic acids is 3. The molecule has 6 rings (SSSR count). The van der Waals surface area contributed by atoms with Crippen LogP contribution in [0.25, 0.3) is 10.9 Å². The van der Waals surface area contributed by atoms with Gasteiger partial charge in [0, 0.05) is 36.6 Å².